The number of aryl methyl sites for hydroxylation is 1. The summed E-state index contributed by atoms with van der Waals surface area (Å²) in [4.78, 5) is 24.0. The molecule has 0 bridgehead atoms. The number of benzene rings is 3. The number of carbonyl (C=O) groups is 2. The first-order valence-electron chi connectivity index (χ1n) is 9.35. The highest BCUT2D eigenvalue weighted by Gasteiger charge is 2.19. The molecule has 1 atom stereocenters. The molecule has 3 amide bonds. The fraction of sp³-hybridized carbons (Fsp3) is 0.130. The highest BCUT2D eigenvalue weighted by atomic mass is 19.1. The zero-order valence-corrected chi connectivity index (χ0v) is 16.4. The van der Waals surface area contributed by atoms with Crippen LogP contribution >= 0.6 is 0 Å². The van der Waals surface area contributed by atoms with Gasteiger partial charge in [-0.05, 0) is 54.4 Å². The summed E-state index contributed by atoms with van der Waals surface area (Å²) < 4.78 is 19.5. The third-order valence-electron chi connectivity index (χ3n) is 4.40. The largest absolute Gasteiger partial charge is 0.457 e. The second kappa shape index (κ2) is 9.56. The van der Waals surface area contributed by atoms with Crippen molar-refractivity contribution in [2.24, 2.45) is 5.73 Å². The van der Waals surface area contributed by atoms with Crippen molar-refractivity contribution in [1.29, 1.82) is 0 Å². The van der Waals surface area contributed by atoms with Crippen molar-refractivity contribution >= 4 is 17.6 Å². The highest BCUT2D eigenvalue weighted by molar-refractivity contribution is 5.91. The van der Waals surface area contributed by atoms with Gasteiger partial charge in [0, 0.05) is 5.69 Å². The van der Waals surface area contributed by atoms with E-state index in [2.05, 4.69) is 10.6 Å². The topological polar surface area (TPSA) is 93.5 Å². The summed E-state index contributed by atoms with van der Waals surface area (Å²) in [5, 5.41) is 5.21. The van der Waals surface area contributed by atoms with Gasteiger partial charge in [-0.1, -0.05) is 36.4 Å². The zero-order valence-electron chi connectivity index (χ0n) is 16.4. The van der Waals surface area contributed by atoms with Gasteiger partial charge in [-0.2, -0.15) is 0 Å². The van der Waals surface area contributed by atoms with Gasteiger partial charge in [-0.25, -0.2) is 9.18 Å². The van der Waals surface area contributed by atoms with E-state index in [9.17, 15) is 14.0 Å². The lowest BCUT2D eigenvalue weighted by Gasteiger charge is -2.19. The smallest absolute Gasteiger partial charge is 0.312 e. The van der Waals surface area contributed by atoms with Crippen LogP contribution in [0.1, 0.15) is 23.6 Å². The summed E-state index contributed by atoms with van der Waals surface area (Å²) in [5.74, 6) is 0.404. The van der Waals surface area contributed by atoms with Crippen molar-refractivity contribution in [2.75, 3.05) is 5.32 Å². The second-order valence-corrected chi connectivity index (χ2v) is 6.77. The van der Waals surface area contributed by atoms with Crippen molar-refractivity contribution in [1.82, 2.24) is 5.32 Å². The Balaban J connectivity index is 1.75. The second-order valence-electron chi connectivity index (χ2n) is 6.77. The minimum atomic E-state index is -0.761. The molecule has 0 saturated heterocycles. The minimum absolute atomic E-state index is 0.0901. The summed E-state index contributed by atoms with van der Waals surface area (Å²) in [6.07, 6.45) is -0.0901. The van der Waals surface area contributed by atoms with E-state index in [4.69, 9.17) is 10.5 Å². The number of primary amides is 1. The number of urea groups is 1. The van der Waals surface area contributed by atoms with Gasteiger partial charge >= 0.3 is 6.03 Å². The Kier molecular flexibility index (Phi) is 6.64. The zero-order chi connectivity index (χ0) is 21.5. The SMILES string of the molecule is Cc1ccc(NC(=O)CC(NC(N)=O)c2cccc(Oc3ccccc3)c2)cc1F. The van der Waals surface area contributed by atoms with Crippen LogP contribution in [0.5, 0.6) is 11.5 Å². The van der Waals surface area contributed by atoms with Crippen LogP contribution < -0.4 is 21.1 Å². The molecule has 0 aliphatic heterocycles. The number of hydrogen-bond acceptors (Lipinski definition) is 3. The van der Waals surface area contributed by atoms with E-state index < -0.39 is 23.8 Å². The van der Waals surface area contributed by atoms with Crippen LogP contribution in [0.15, 0.2) is 72.8 Å². The molecule has 0 spiro atoms. The van der Waals surface area contributed by atoms with Gasteiger partial charge in [0.2, 0.25) is 5.91 Å². The number of nitrogens with one attached hydrogen (secondary N) is 2. The van der Waals surface area contributed by atoms with Crippen molar-refractivity contribution in [2.45, 2.75) is 19.4 Å². The van der Waals surface area contributed by atoms with Crippen molar-refractivity contribution in [3.8, 4) is 11.5 Å². The lowest BCUT2D eigenvalue weighted by Crippen LogP contribution is -2.35. The average Bonchev–Trinajstić information content (AvgIpc) is 2.71. The first-order chi connectivity index (χ1) is 14.4. The molecule has 6 nitrogen and oxygen atoms in total. The molecule has 3 aromatic carbocycles. The fourth-order valence-electron chi connectivity index (χ4n) is 2.91. The van der Waals surface area contributed by atoms with Crippen LogP contribution in [0.2, 0.25) is 0 Å². The Labute approximate surface area is 173 Å². The van der Waals surface area contributed by atoms with Gasteiger partial charge in [0.05, 0.1) is 12.5 Å². The van der Waals surface area contributed by atoms with E-state index in [1.54, 1.807) is 43.3 Å². The van der Waals surface area contributed by atoms with E-state index in [1.807, 2.05) is 30.3 Å². The summed E-state index contributed by atoms with van der Waals surface area (Å²) in [7, 11) is 0. The van der Waals surface area contributed by atoms with Gasteiger partial charge in [0.15, 0.2) is 0 Å². The molecule has 0 aliphatic carbocycles. The molecular weight excluding hydrogens is 385 g/mol. The monoisotopic (exact) mass is 407 g/mol. The molecule has 1 unspecified atom stereocenters. The first-order valence-corrected chi connectivity index (χ1v) is 9.35. The predicted molar refractivity (Wildman–Crippen MR) is 113 cm³/mol. The van der Waals surface area contributed by atoms with E-state index in [0.29, 0.717) is 28.3 Å². The number of rotatable bonds is 7. The van der Waals surface area contributed by atoms with E-state index in [-0.39, 0.29) is 6.42 Å². The Morgan fingerprint density at radius 1 is 1.00 bits per heavy atom. The maximum Gasteiger partial charge on any atom is 0.312 e. The maximum absolute atomic E-state index is 13.7. The van der Waals surface area contributed by atoms with E-state index >= 15 is 0 Å². The molecule has 4 N–H and O–H groups in total. The molecule has 154 valence electrons. The lowest BCUT2D eigenvalue weighted by molar-refractivity contribution is -0.116. The van der Waals surface area contributed by atoms with Gasteiger partial charge in [0.1, 0.15) is 17.3 Å². The van der Waals surface area contributed by atoms with Gasteiger partial charge in [-0.3, -0.25) is 4.79 Å². The maximum atomic E-state index is 13.7. The number of carbonyl (C=O) groups excluding carboxylic acids is 2. The number of halogens is 1. The quantitative estimate of drug-likeness (QED) is 0.531. The van der Waals surface area contributed by atoms with Crippen LogP contribution in [0, 0.1) is 12.7 Å². The van der Waals surface area contributed by atoms with Crippen molar-refractivity contribution < 1.29 is 18.7 Å². The molecule has 30 heavy (non-hydrogen) atoms. The van der Waals surface area contributed by atoms with E-state index in [0.717, 1.165) is 0 Å². The molecular formula is C23H22FN3O3. The molecule has 0 fully saturated rings. The van der Waals surface area contributed by atoms with Gasteiger partial charge < -0.3 is 21.1 Å². The molecule has 0 radical (unpaired) electrons. The molecule has 0 aromatic heterocycles. The Hall–Kier alpha value is -3.87. The number of hydrogen-bond donors (Lipinski definition) is 3. The molecule has 0 heterocycles. The molecule has 0 aliphatic rings. The number of anilines is 1. The highest BCUT2D eigenvalue weighted by Crippen LogP contribution is 2.26. The van der Waals surface area contributed by atoms with Crippen molar-refractivity contribution in [3.63, 3.8) is 0 Å². The molecule has 7 heteroatoms. The Bertz CT molecular complexity index is 1040. The summed E-state index contributed by atoms with van der Waals surface area (Å²) in [6.45, 7) is 1.64. The van der Waals surface area contributed by atoms with E-state index in [1.165, 1.54) is 6.07 Å². The summed E-state index contributed by atoms with van der Waals surface area (Å²) in [5.41, 5.74) is 6.76. The summed E-state index contributed by atoms with van der Waals surface area (Å²) >= 11 is 0. The first kappa shape index (κ1) is 20.9. The third kappa shape index (κ3) is 5.81. The molecule has 3 rings (SSSR count). The predicted octanol–water partition coefficient (Wildman–Crippen LogP) is 4.66. The normalized spacial score (nSPS) is 11.4. The molecule has 0 saturated carbocycles. The van der Waals surface area contributed by atoms with Crippen LogP contribution in [0.25, 0.3) is 0 Å². The fourth-order valence-corrected chi connectivity index (χ4v) is 2.91. The number of ether oxygens (including phenoxy) is 1. The Morgan fingerprint density at radius 3 is 2.43 bits per heavy atom. The number of para-hydroxylation sites is 1. The van der Waals surface area contributed by atoms with Crippen LogP contribution in [-0.4, -0.2) is 11.9 Å². The van der Waals surface area contributed by atoms with Crippen LogP contribution in [-0.2, 0) is 4.79 Å². The van der Waals surface area contributed by atoms with Crippen LogP contribution in [0.3, 0.4) is 0 Å². The lowest BCUT2D eigenvalue weighted by atomic mass is 10.0. The average molecular weight is 407 g/mol. The van der Waals surface area contributed by atoms with Crippen molar-refractivity contribution in [3.05, 3.63) is 89.7 Å². The van der Waals surface area contributed by atoms with Crippen LogP contribution in [0.4, 0.5) is 14.9 Å². The summed E-state index contributed by atoms with van der Waals surface area (Å²) in [6, 6.07) is 19.2. The van der Waals surface area contributed by atoms with Gasteiger partial charge in [0.25, 0.3) is 0 Å². The number of amides is 3. The Morgan fingerprint density at radius 2 is 1.73 bits per heavy atom. The standard InChI is InChI=1S/C23H22FN3O3/c1-15-10-11-17(13-20(15)24)26-22(28)14-21(27-23(25)29)16-6-5-9-19(12-16)30-18-7-3-2-4-8-18/h2-13,21H,14H2,1H3,(H,26,28)(H3,25,27,29). The van der Waals surface area contributed by atoms with Gasteiger partial charge in [-0.15, -0.1) is 0 Å². The number of nitrogens with two attached hydrogens (primary N) is 1. The molecule has 3 aromatic rings. The third-order valence-corrected chi connectivity index (χ3v) is 4.40. The minimum Gasteiger partial charge on any atom is -0.457 e.